The minimum atomic E-state index is -0.416. The molecule has 0 bridgehead atoms. The van der Waals surface area contributed by atoms with E-state index in [4.69, 9.17) is 10.5 Å². The first-order chi connectivity index (χ1) is 10.7. The van der Waals surface area contributed by atoms with Gasteiger partial charge in [-0.2, -0.15) is 5.10 Å². The Morgan fingerprint density at radius 2 is 2.22 bits per heavy atom. The van der Waals surface area contributed by atoms with Gasteiger partial charge in [-0.15, -0.1) is 11.3 Å². The third-order valence-corrected chi connectivity index (χ3v) is 5.35. The predicted octanol–water partition coefficient (Wildman–Crippen LogP) is 2.16. The fraction of sp³-hybridized carbons (Fsp3) is 0.533. The monoisotopic (exact) mass is 335 g/mol. The van der Waals surface area contributed by atoms with Crippen molar-refractivity contribution in [2.75, 3.05) is 5.32 Å². The van der Waals surface area contributed by atoms with Crippen LogP contribution in [-0.4, -0.2) is 26.7 Å². The van der Waals surface area contributed by atoms with Gasteiger partial charge in [-0.1, -0.05) is 0 Å². The molecule has 3 rings (SSSR count). The lowest BCUT2D eigenvalue weighted by molar-refractivity contribution is -0.136. The largest absolute Gasteiger partial charge is 0.364 e. The van der Waals surface area contributed by atoms with E-state index in [1.165, 1.54) is 23.2 Å². The number of amides is 1. The highest BCUT2D eigenvalue weighted by Crippen LogP contribution is 2.48. The molecule has 4 N–H and O–H groups in total. The number of aromatic amines is 1. The molecule has 0 saturated carbocycles. The number of nitrogens with zero attached hydrogens (tertiary/aromatic N) is 2. The van der Waals surface area contributed by atoms with Crippen molar-refractivity contribution in [1.82, 2.24) is 15.2 Å². The van der Waals surface area contributed by atoms with E-state index in [2.05, 4.69) is 34.3 Å². The third kappa shape index (κ3) is 2.89. The first kappa shape index (κ1) is 16.1. The number of carbonyl (C=O) groups excluding carboxylic acids is 1. The Morgan fingerprint density at radius 1 is 1.48 bits per heavy atom. The van der Waals surface area contributed by atoms with E-state index < -0.39 is 5.60 Å². The first-order valence-electron chi connectivity index (χ1n) is 7.45. The molecule has 2 aromatic rings. The fourth-order valence-corrected chi connectivity index (χ4v) is 4.45. The number of H-pyrrole nitrogens is 1. The topological polar surface area (TPSA) is 106 Å². The zero-order valence-electron chi connectivity index (χ0n) is 13.7. The van der Waals surface area contributed by atoms with Crippen LogP contribution in [0.1, 0.15) is 54.3 Å². The van der Waals surface area contributed by atoms with Crippen LogP contribution in [0, 0.1) is 0 Å². The molecule has 7 nitrogen and oxygen atoms in total. The number of nitrogens with one attached hydrogen (secondary N) is 2. The number of anilines is 1. The van der Waals surface area contributed by atoms with E-state index in [1.54, 1.807) is 0 Å². The molecule has 0 atom stereocenters. The van der Waals surface area contributed by atoms with Crippen LogP contribution in [0.4, 0.5) is 5.00 Å². The summed E-state index contributed by atoms with van der Waals surface area (Å²) in [5.74, 6) is -0.149. The van der Waals surface area contributed by atoms with Crippen LogP contribution in [0.25, 0.3) is 0 Å². The second-order valence-corrected chi connectivity index (χ2v) is 7.78. The summed E-state index contributed by atoms with van der Waals surface area (Å²) in [5.41, 5.74) is 7.44. The second kappa shape index (κ2) is 5.40. The Kier molecular flexibility index (Phi) is 3.78. The standard InChI is InChI=1S/C15H21N5O2S/c1-14(2)5-8-9(6-16)13(23-10(8)15(3,4)22-14)19-12(21)11-17-7-18-20-11/h7H,5-6,16H2,1-4H3,(H,19,21)(H,17,18,20). The summed E-state index contributed by atoms with van der Waals surface area (Å²) >= 11 is 1.52. The van der Waals surface area contributed by atoms with Crippen molar-refractivity contribution in [2.24, 2.45) is 5.73 Å². The van der Waals surface area contributed by atoms with Crippen molar-refractivity contribution in [3.63, 3.8) is 0 Å². The number of thiophene rings is 1. The lowest BCUT2D eigenvalue weighted by Gasteiger charge is -2.41. The van der Waals surface area contributed by atoms with Crippen LogP contribution >= 0.6 is 11.3 Å². The van der Waals surface area contributed by atoms with Gasteiger partial charge in [0.15, 0.2) is 0 Å². The first-order valence-corrected chi connectivity index (χ1v) is 8.27. The van der Waals surface area contributed by atoms with Gasteiger partial charge in [0, 0.05) is 23.4 Å². The molecule has 124 valence electrons. The SMILES string of the molecule is CC1(C)Cc2c(sc(NC(=O)c3ncn[nH]3)c2CN)C(C)(C)O1. The molecule has 23 heavy (non-hydrogen) atoms. The van der Waals surface area contributed by atoms with E-state index in [0.717, 1.165) is 21.9 Å². The normalized spacial score (nSPS) is 18.5. The van der Waals surface area contributed by atoms with Crippen LogP contribution in [0.2, 0.25) is 0 Å². The summed E-state index contributed by atoms with van der Waals surface area (Å²) in [6.45, 7) is 8.60. The van der Waals surface area contributed by atoms with Gasteiger partial charge in [0.25, 0.3) is 5.91 Å². The maximum atomic E-state index is 12.2. The quantitative estimate of drug-likeness (QED) is 0.797. The Bertz CT molecular complexity index is 733. The molecule has 0 spiro atoms. The Hall–Kier alpha value is -1.77. The molecular weight excluding hydrogens is 314 g/mol. The fourth-order valence-electron chi connectivity index (χ4n) is 3.17. The van der Waals surface area contributed by atoms with Crippen molar-refractivity contribution in [3.8, 4) is 0 Å². The number of hydrogen-bond donors (Lipinski definition) is 3. The van der Waals surface area contributed by atoms with Crippen molar-refractivity contribution < 1.29 is 9.53 Å². The van der Waals surface area contributed by atoms with Crippen molar-refractivity contribution in [1.29, 1.82) is 0 Å². The molecule has 0 aromatic carbocycles. The lowest BCUT2D eigenvalue weighted by atomic mass is 9.86. The highest BCUT2D eigenvalue weighted by atomic mass is 32.1. The molecule has 2 aromatic heterocycles. The van der Waals surface area contributed by atoms with E-state index in [1.807, 2.05) is 13.8 Å². The second-order valence-electron chi connectivity index (χ2n) is 6.76. The number of ether oxygens (including phenoxy) is 1. The van der Waals surface area contributed by atoms with Crippen LogP contribution in [0.3, 0.4) is 0 Å². The summed E-state index contributed by atoms with van der Waals surface area (Å²) < 4.78 is 6.21. The lowest BCUT2D eigenvalue weighted by Crippen LogP contribution is -2.41. The van der Waals surface area contributed by atoms with E-state index >= 15 is 0 Å². The van der Waals surface area contributed by atoms with Crippen LogP contribution in [0.15, 0.2) is 6.33 Å². The van der Waals surface area contributed by atoms with Gasteiger partial charge in [-0.25, -0.2) is 4.98 Å². The van der Waals surface area contributed by atoms with Crippen LogP contribution < -0.4 is 11.1 Å². The average Bonchev–Trinajstić information content (AvgIpc) is 3.04. The van der Waals surface area contributed by atoms with Gasteiger partial charge in [-0.3, -0.25) is 9.89 Å². The smallest absolute Gasteiger partial charge is 0.293 e. The molecule has 1 aliphatic heterocycles. The molecule has 0 fully saturated rings. The van der Waals surface area contributed by atoms with E-state index in [-0.39, 0.29) is 17.3 Å². The molecular formula is C15H21N5O2S. The average molecular weight is 335 g/mol. The van der Waals surface area contributed by atoms with E-state index in [0.29, 0.717) is 6.54 Å². The Labute approximate surface area is 138 Å². The summed E-state index contributed by atoms with van der Waals surface area (Å²) in [5, 5.41) is 9.91. The molecule has 1 amide bonds. The van der Waals surface area contributed by atoms with Crippen LogP contribution in [0.5, 0.6) is 0 Å². The molecule has 1 aliphatic rings. The van der Waals surface area contributed by atoms with E-state index in [9.17, 15) is 4.79 Å². The molecule has 0 radical (unpaired) electrons. The Balaban J connectivity index is 2.00. The Morgan fingerprint density at radius 3 is 2.83 bits per heavy atom. The zero-order valence-corrected chi connectivity index (χ0v) is 14.5. The van der Waals surface area contributed by atoms with Gasteiger partial charge >= 0.3 is 0 Å². The highest BCUT2D eigenvalue weighted by Gasteiger charge is 2.41. The van der Waals surface area contributed by atoms with Crippen LogP contribution in [-0.2, 0) is 23.3 Å². The van der Waals surface area contributed by atoms with Crippen molar-refractivity contribution in [3.05, 3.63) is 28.2 Å². The molecule has 8 heteroatoms. The molecule has 0 unspecified atom stereocenters. The van der Waals surface area contributed by atoms with Crippen molar-refractivity contribution >= 4 is 22.2 Å². The summed E-state index contributed by atoms with van der Waals surface area (Å²) in [4.78, 5) is 17.2. The maximum Gasteiger partial charge on any atom is 0.293 e. The van der Waals surface area contributed by atoms with Gasteiger partial charge in [0.05, 0.1) is 11.2 Å². The number of rotatable bonds is 3. The van der Waals surface area contributed by atoms with Gasteiger partial charge < -0.3 is 15.8 Å². The predicted molar refractivity (Wildman–Crippen MR) is 88.4 cm³/mol. The van der Waals surface area contributed by atoms with Gasteiger partial charge in [0.2, 0.25) is 5.82 Å². The molecule has 0 saturated heterocycles. The number of fused-ring (bicyclic) bond motifs is 1. The molecule has 3 heterocycles. The summed E-state index contributed by atoms with van der Waals surface area (Å²) in [6.07, 6.45) is 2.07. The number of hydrogen-bond acceptors (Lipinski definition) is 6. The van der Waals surface area contributed by atoms with Gasteiger partial charge in [0.1, 0.15) is 11.3 Å². The zero-order chi connectivity index (χ0) is 16.8. The highest BCUT2D eigenvalue weighted by molar-refractivity contribution is 7.16. The number of aromatic nitrogens is 3. The van der Waals surface area contributed by atoms with Gasteiger partial charge in [-0.05, 0) is 33.3 Å². The molecule has 0 aliphatic carbocycles. The number of nitrogens with two attached hydrogens (primary N) is 1. The summed E-state index contributed by atoms with van der Waals surface area (Å²) in [6, 6.07) is 0. The third-order valence-electron chi connectivity index (χ3n) is 3.86. The summed E-state index contributed by atoms with van der Waals surface area (Å²) in [7, 11) is 0. The maximum absolute atomic E-state index is 12.2. The minimum absolute atomic E-state index is 0.176. The van der Waals surface area contributed by atoms with Crippen molar-refractivity contribution in [2.45, 2.75) is 51.9 Å². The minimum Gasteiger partial charge on any atom is -0.364 e. The number of carbonyl (C=O) groups is 1.